The van der Waals surface area contributed by atoms with Crippen molar-refractivity contribution in [1.29, 1.82) is 0 Å². The zero-order chi connectivity index (χ0) is 34.9. The highest BCUT2D eigenvalue weighted by Gasteiger charge is 2.70. The molecule has 1 aliphatic heterocycles. The summed E-state index contributed by atoms with van der Waals surface area (Å²) >= 11 is 0. The van der Waals surface area contributed by atoms with Gasteiger partial charge in [0.25, 0.3) is 5.91 Å². The lowest BCUT2D eigenvalue weighted by molar-refractivity contribution is -0.145. The monoisotopic (exact) mass is 677 g/mol. The number of urea groups is 1. The van der Waals surface area contributed by atoms with Crippen molar-refractivity contribution in [3.8, 4) is 0 Å². The molecule has 0 radical (unpaired) electrons. The van der Waals surface area contributed by atoms with Gasteiger partial charge in [-0.15, -0.1) is 6.58 Å². The van der Waals surface area contributed by atoms with Crippen LogP contribution in [0.5, 0.6) is 0 Å². The molecule has 1 heterocycles. The fourth-order valence-electron chi connectivity index (χ4n) is 7.78. The van der Waals surface area contributed by atoms with Crippen molar-refractivity contribution in [2.45, 2.75) is 116 Å². The summed E-state index contributed by atoms with van der Waals surface area (Å²) in [6, 6.07) is -3.50. The molecule has 2 unspecified atom stereocenters. The largest absolute Gasteiger partial charge is 0.349 e. The van der Waals surface area contributed by atoms with Crippen LogP contribution in [0.25, 0.3) is 0 Å². The second-order valence-corrected chi connectivity index (χ2v) is 18.3. The minimum absolute atomic E-state index is 0.0664. The van der Waals surface area contributed by atoms with Gasteiger partial charge < -0.3 is 26.2 Å². The van der Waals surface area contributed by atoms with Gasteiger partial charge in [0.2, 0.25) is 17.6 Å². The first-order chi connectivity index (χ1) is 21.8. The number of nitrogens with zero attached hydrogens (tertiary/aromatic N) is 1. The second-order valence-electron chi connectivity index (χ2n) is 16.1. The van der Waals surface area contributed by atoms with Crippen molar-refractivity contribution in [2.75, 3.05) is 25.1 Å². The van der Waals surface area contributed by atoms with Crippen molar-refractivity contribution in [3.63, 3.8) is 0 Å². The van der Waals surface area contributed by atoms with Crippen molar-refractivity contribution in [3.05, 3.63) is 12.7 Å². The molecule has 13 heteroatoms. The topological polar surface area (TPSA) is 171 Å². The van der Waals surface area contributed by atoms with Gasteiger partial charge in [-0.25, -0.2) is 13.2 Å². The van der Waals surface area contributed by atoms with E-state index in [1.54, 1.807) is 6.08 Å². The summed E-state index contributed by atoms with van der Waals surface area (Å²) in [5, 5.41) is 11.2. The molecule has 264 valence electrons. The number of sulfone groups is 1. The number of nitrogens with one attached hydrogen (secondary N) is 4. The van der Waals surface area contributed by atoms with E-state index in [1.165, 1.54) is 4.90 Å². The van der Waals surface area contributed by atoms with E-state index in [2.05, 4.69) is 41.7 Å². The first-order valence-corrected chi connectivity index (χ1v) is 19.2. The molecule has 12 nitrogen and oxygen atoms in total. The molecule has 3 saturated carbocycles. The van der Waals surface area contributed by atoms with Crippen LogP contribution in [0.2, 0.25) is 0 Å². The molecule has 5 amide bonds. The molecule has 4 fully saturated rings. The summed E-state index contributed by atoms with van der Waals surface area (Å²) in [6.45, 7) is 13.8. The summed E-state index contributed by atoms with van der Waals surface area (Å²) in [5.41, 5.74) is -1.86. The average molecular weight is 678 g/mol. The third-order valence-electron chi connectivity index (χ3n) is 10.6. The Morgan fingerprint density at radius 2 is 1.66 bits per heavy atom. The lowest BCUT2D eigenvalue weighted by Gasteiger charge is -2.40. The predicted octanol–water partition coefficient (Wildman–Crippen LogP) is 2.48. The molecule has 1 saturated heterocycles. The van der Waals surface area contributed by atoms with Crippen LogP contribution in [0.3, 0.4) is 0 Å². The Balaban J connectivity index is 1.53. The molecule has 4 N–H and O–H groups in total. The van der Waals surface area contributed by atoms with Gasteiger partial charge in [0, 0.05) is 19.3 Å². The summed E-state index contributed by atoms with van der Waals surface area (Å²) in [6.07, 6.45) is 9.13. The zero-order valence-corrected chi connectivity index (χ0v) is 29.8. The Labute approximate surface area is 279 Å². The first kappa shape index (κ1) is 36.9. The molecule has 3 aliphatic carbocycles. The number of fused-ring (bicyclic) bond motifs is 1. The quantitative estimate of drug-likeness (QED) is 0.124. The molecule has 0 aromatic heterocycles. The minimum atomic E-state index is -3.39. The van der Waals surface area contributed by atoms with Gasteiger partial charge in [-0.3, -0.25) is 19.2 Å². The molecule has 5 atom stereocenters. The van der Waals surface area contributed by atoms with E-state index in [-0.39, 0.29) is 35.5 Å². The van der Waals surface area contributed by atoms with Gasteiger partial charge in [-0.1, -0.05) is 72.8 Å². The van der Waals surface area contributed by atoms with Crippen LogP contribution in [-0.2, 0) is 29.0 Å². The molecule has 0 aromatic carbocycles. The van der Waals surface area contributed by atoms with Crippen molar-refractivity contribution >= 4 is 39.4 Å². The van der Waals surface area contributed by atoms with E-state index in [1.807, 2.05) is 20.8 Å². The second kappa shape index (κ2) is 13.9. The van der Waals surface area contributed by atoms with E-state index >= 15 is 0 Å². The number of hydrogen-bond acceptors (Lipinski definition) is 7. The summed E-state index contributed by atoms with van der Waals surface area (Å²) in [5.74, 6) is -2.34. The Morgan fingerprint density at radius 3 is 2.21 bits per heavy atom. The molecular weight excluding hydrogens is 622 g/mol. The van der Waals surface area contributed by atoms with Crippen molar-refractivity contribution < 1.29 is 32.4 Å². The predicted molar refractivity (Wildman–Crippen MR) is 179 cm³/mol. The Morgan fingerprint density at radius 1 is 1.02 bits per heavy atom. The van der Waals surface area contributed by atoms with Crippen LogP contribution < -0.4 is 21.3 Å². The number of piperidine rings is 1. The molecule has 47 heavy (non-hydrogen) atoms. The number of Topliss-reactive ketones (excluding diaryl/α,β-unsaturated/α-hetero) is 1. The van der Waals surface area contributed by atoms with Crippen LogP contribution in [0.1, 0.15) is 92.4 Å². The standard InChI is InChI=1S/C34H55N5O7S/c1-8-9-17-35-29(42)26(40)23(18-21-13-14-21)36-28(41)25-24-22(33(24,5)6)19-39(25)30(43)27(32(2,3)4)37-31(44)38-34(20-47(7,45)46)15-11-10-12-16-34/h8,21-25,27H,1,9-20H2,2-7H3,(H,35,42)(H,36,41)(H2,37,38,44)/t22-,23?,24?,25-,27+/m0/s1. The van der Waals surface area contributed by atoms with Crippen LogP contribution in [0, 0.1) is 28.6 Å². The van der Waals surface area contributed by atoms with Gasteiger partial charge in [-0.05, 0) is 54.3 Å². The molecule has 4 aliphatic rings. The molecule has 0 spiro atoms. The first-order valence-electron chi connectivity index (χ1n) is 17.1. The van der Waals surface area contributed by atoms with Crippen molar-refractivity contribution in [1.82, 2.24) is 26.2 Å². The molecule has 4 rings (SSSR count). The number of likely N-dealkylation sites (tertiary alicyclic amines) is 1. The highest BCUT2D eigenvalue weighted by atomic mass is 32.2. The normalized spacial score (nSPS) is 25.8. The van der Waals surface area contributed by atoms with Crippen LogP contribution in [0.4, 0.5) is 4.79 Å². The maximum absolute atomic E-state index is 14.4. The number of ketones is 1. The summed E-state index contributed by atoms with van der Waals surface area (Å²) < 4.78 is 24.6. The fourth-order valence-corrected chi connectivity index (χ4v) is 9.14. The van der Waals surface area contributed by atoms with Gasteiger partial charge in [-0.2, -0.15) is 0 Å². The highest BCUT2D eigenvalue weighted by molar-refractivity contribution is 7.90. The minimum Gasteiger partial charge on any atom is -0.349 e. The van der Waals surface area contributed by atoms with Crippen LogP contribution in [0.15, 0.2) is 12.7 Å². The molecular formula is C34H55N5O7S. The third-order valence-corrected chi connectivity index (χ3v) is 11.7. The number of amides is 5. The van der Waals surface area contributed by atoms with Gasteiger partial charge >= 0.3 is 6.03 Å². The van der Waals surface area contributed by atoms with Crippen LogP contribution in [-0.4, -0.2) is 91.6 Å². The molecule has 0 aromatic rings. The maximum Gasteiger partial charge on any atom is 0.315 e. The lowest BCUT2D eigenvalue weighted by atomic mass is 9.83. The number of carbonyl (C=O) groups excluding carboxylic acids is 5. The van der Waals surface area contributed by atoms with Gasteiger partial charge in [0.15, 0.2) is 0 Å². The third kappa shape index (κ3) is 8.94. The summed E-state index contributed by atoms with van der Waals surface area (Å²) in [4.78, 5) is 69.3. The Kier molecular flexibility index (Phi) is 10.9. The fraction of sp³-hybridized carbons (Fsp3) is 0.794. The SMILES string of the molecule is C=CCCNC(=O)C(=O)C(CC1CC1)NC(=O)[C@@H]1C2[C@H](CN1C(=O)[C@@H](NC(=O)NC1(CS(C)(=O)=O)CCCCC1)C(C)(C)C)C2(C)C. The van der Waals surface area contributed by atoms with Crippen molar-refractivity contribution in [2.24, 2.45) is 28.6 Å². The smallest absolute Gasteiger partial charge is 0.315 e. The molecule has 0 bridgehead atoms. The Bertz CT molecular complexity index is 1360. The number of rotatable bonds is 14. The van der Waals surface area contributed by atoms with E-state index < -0.39 is 68.5 Å². The van der Waals surface area contributed by atoms with E-state index in [0.29, 0.717) is 32.2 Å². The zero-order valence-electron chi connectivity index (χ0n) is 28.9. The van der Waals surface area contributed by atoms with E-state index in [9.17, 15) is 32.4 Å². The maximum atomic E-state index is 14.4. The van der Waals surface area contributed by atoms with Gasteiger partial charge in [0.1, 0.15) is 21.9 Å². The lowest BCUT2D eigenvalue weighted by Crippen LogP contribution is -2.63. The summed E-state index contributed by atoms with van der Waals surface area (Å²) in [7, 11) is -3.39. The average Bonchev–Trinajstić information content (AvgIpc) is 3.81. The van der Waals surface area contributed by atoms with E-state index in [0.717, 1.165) is 38.4 Å². The number of carbonyl (C=O) groups is 5. The Hall–Kier alpha value is -2.96. The van der Waals surface area contributed by atoms with Gasteiger partial charge in [0.05, 0.1) is 17.3 Å². The van der Waals surface area contributed by atoms with E-state index in [4.69, 9.17) is 0 Å². The van der Waals surface area contributed by atoms with Crippen LogP contribution >= 0.6 is 0 Å². The number of hydrogen-bond donors (Lipinski definition) is 4. The highest BCUT2D eigenvalue weighted by Crippen LogP contribution is 2.65.